The smallest absolute Gasteiger partial charge is 0.289 e. The molecule has 1 fully saturated rings. The summed E-state index contributed by atoms with van der Waals surface area (Å²) >= 11 is 1.03. The van der Waals surface area contributed by atoms with Gasteiger partial charge in [-0.25, -0.2) is 0 Å². The molecule has 0 bridgehead atoms. The molecule has 0 radical (unpaired) electrons. The zero-order chi connectivity index (χ0) is 24.1. The van der Waals surface area contributed by atoms with Crippen LogP contribution in [-0.4, -0.2) is 27.7 Å². The molecule has 0 aromatic heterocycles. The molecule has 0 saturated carbocycles. The SMILES string of the molecule is CC(=O)Nc1cc(CN2C(=O)CSC2=O)ccc1-c1cc2c(cc1C)C(C)(C)CCC2(C)C. The van der Waals surface area contributed by atoms with E-state index in [1.807, 2.05) is 18.2 Å². The summed E-state index contributed by atoms with van der Waals surface area (Å²) in [7, 11) is 0. The largest absolute Gasteiger partial charge is 0.326 e. The van der Waals surface area contributed by atoms with Crippen LogP contribution in [0.4, 0.5) is 10.5 Å². The van der Waals surface area contributed by atoms with Gasteiger partial charge in [-0.1, -0.05) is 57.7 Å². The second-order valence-electron chi connectivity index (χ2n) is 10.6. The summed E-state index contributed by atoms with van der Waals surface area (Å²) < 4.78 is 0. The van der Waals surface area contributed by atoms with E-state index in [-0.39, 0.29) is 40.2 Å². The molecule has 33 heavy (non-hydrogen) atoms. The normalized spacial score (nSPS) is 18.9. The minimum atomic E-state index is -0.222. The number of nitrogens with one attached hydrogen (secondary N) is 1. The quantitative estimate of drug-likeness (QED) is 0.588. The number of amides is 3. The second-order valence-corrected chi connectivity index (χ2v) is 11.5. The number of carbonyl (C=O) groups is 3. The van der Waals surface area contributed by atoms with E-state index in [1.165, 1.54) is 28.5 Å². The minimum Gasteiger partial charge on any atom is -0.326 e. The minimum absolute atomic E-state index is 0.0789. The molecule has 0 unspecified atom stereocenters. The molecular weight excluding hydrogens is 432 g/mol. The van der Waals surface area contributed by atoms with Gasteiger partial charge in [-0.15, -0.1) is 0 Å². The number of imide groups is 1. The first kappa shape index (κ1) is 23.6. The van der Waals surface area contributed by atoms with Crippen molar-refractivity contribution in [3.8, 4) is 11.1 Å². The van der Waals surface area contributed by atoms with E-state index in [0.717, 1.165) is 41.3 Å². The number of thioether (sulfide) groups is 1. The summed E-state index contributed by atoms with van der Waals surface area (Å²) in [4.78, 5) is 37.4. The van der Waals surface area contributed by atoms with Gasteiger partial charge in [-0.2, -0.15) is 0 Å². The van der Waals surface area contributed by atoms with Crippen LogP contribution in [0, 0.1) is 6.92 Å². The first-order chi connectivity index (χ1) is 15.4. The standard InChI is InChI=1S/C27H32N2O3S/c1-16-11-21-22(27(5,6)10-9-26(21,3)4)13-20(16)19-8-7-18(12-23(19)28-17(2)30)14-29-24(31)15-33-25(29)32/h7-8,11-13H,9-10,14-15H2,1-6H3,(H,28,30). The van der Waals surface area contributed by atoms with E-state index < -0.39 is 0 Å². The monoisotopic (exact) mass is 464 g/mol. The third-order valence-electron chi connectivity index (χ3n) is 7.06. The molecule has 1 aliphatic heterocycles. The molecule has 1 heterocycles. The van der Waals surface area contributed by atoms with Gasteiger partial charge >= 0.3 is 0 Å². The zero-order valence-corrected chi connectivity index (χ0v) is 21.1. The number of hydrogen-bond acceptors (Lipinski definition) is 4. The lowest BCUT2D eigenvalue weighted by Gasteiger charge is -2.42. The van der Waals surface area contributed by atoms with Crippen LogP contribution in [-0.2, 0) is 27.0 Å². The van der Waals surface area contributed by atoms with E-state index in [9.17, 15) is 14.4 Å². The fraction of sp³-hybridized carbons (Fsp3) is 0.444. The average Bonchev–Trinajstić information content (AvgIpc) is 3.03. The van der Waals surface area contributed by atoms with Gasteiger partial charge in [0.1, 0.15) is 0 Å². The first-order valence-electron chi connectivity index (χ1n) is 11.4. The Morgan fingerprint density at radius 3 is 2.21 bits per heavy atom. The van der Waals surface area contributed by atoms with Crippen molar-refractivity contribution < 1.29 is 14.4 Å². The van der Waals surface area contributed by atoms with Crippen molar-refractivity contribution >= 4 is 34.5 Å². The Bertz CT molecular complexity index is 1150. The molecule has 2 aromatic rings. The Balaban J connectivity index is 1.81. The van der Waals surface area contributed by atoms with Gasteiger partial charge < -0.3 is 5.32 Å². The van der Waals surface area contributed by atoms with Gasteiger partial charge in [0.05, 0.1) is 12.3 Å². The number of fused-ring (bicyclic) bond motifs is 1. The first-order valence-corrected chi connectivity index (χ1v) is 12.4. The summed E-state index contributed by atoms with van der Waals surface area (Å²) in [5, 5.41) is 2.75. The highest BCUT2D eigenvalue weighted by Crippen LogP contribution is 2.48. The maximum Gasteiger partial charge on any atom is 0.289 e. The number of anilines is 1. The summed E-state index contributed by atoms with van der Waals surface area (Å²) in [5.74, 6) is -0.143. The van der Waals surface area contributed by atoms with Crippen molar-refractivity contribution in [3.63, 3.8) is 0 Å². The van der Waals surface area contributed by atoms with Gasteiger partial charge in [-0.3, -0.25) is 19.3 Å². The van der Waals surface area contributed by atoms with E-state index in [4.69, 9.17) is 0 Å². The number of carbonyl (C=O) groups excluding carboxylic acids is 3. The Morgan fingerprint density at radius 1 is 1.00 bits per heavy atom. The molecule has 1 saturated heterocycles. The highest BCUT2D eigenvalue weighted by Gasteiger charge is 2.37. The van der Waals surface area contributed by atoms with Crippen LogP contribution in [0.3, 0.4) is 0 Å². The topological polar surface area (TPSA) is 66.5 Å². The zero-order valence-electron chi connectivity index (χ0n) is 20.3. The van der Waals surface area contributed by atoms with Gasteiger partial charge in [0, 0.05) is 18.2 Å². The van der Waals surface area contributed by atoms with Crippen LogP contribution in [0.5, 0.6) is 0 Å². The van der Waals surface area contributed by atoms with Crippen LogP contribution in [0.1, 0.15) is 69.7 Å². The average molecular weight is 465 g/mol. The van der Waals surface area contributed by atoms with E-state index in [2.05, 4.69) is 52.1 Å². The number of nitrogens with zero attached hydrogens (tertiary/aromatic N) is 1. The highest BCUT2D eigenvalue weighted by molar-refractivity contribution is 8.14. The molecule has 4 rings (SSSR count). The molecule has 174 valence electrons. The van der Waals surface area contributed by atoms with Crippen LogP contribution in [0.25, 0.3) is 11.1 Å². The lowest BCUT2D eigenvalue weighted by Crippen LogP contribution is -2.34. The summed E-state index contributed by atoms with van der Waals surface area (Å²) in [6, 6.07) is 10.4. The molecule has 1 N–H and O–H groups in total. The molecule has 0 spiro atoms. The van der Waals surface area contributed by atoms with Crippen molar-refractivity contribution in [2.75, 3.05) is 11.1 Å². The van der Waals surface area contributed by atoms with Gasteiger partial charge in [0.15, 0.2) is 0 Å². The Kier molecular flexibility index (Phi) is 5.94. The summed E-state index contributed by atoms with van der Waals surface area (Å²) in [5.41, 5.74) is 7.69. The van der Waals surface area contributed by atoms with Crippen LogP contribution < -0.4 is 5.32 Å². The molecule has 6 heteroatoms. The van der Waals surface area contributed by atoms with Gasteiger partial charge in [0.2, 0.25) is 11.8 Å². The molecule has 0 atom stereocenters. The molecule has 2 aromatic carbocycles. The Morgan fingerprint density at radius 2 is 1.64 bits per heavy atom. The van der Waals surface area contributed by atoms with Crippen molar-refractivity contribution in [2.45, 2.75) is 71.8 Å². The van der Waals surface area contributed by atoms with Crippen molar-refractivity contribution in [3.05, 3.63) is 52.6 Å². The third kappa shape index (κ3) is 4.45. The molecular formula is C27H32N2O3S. The fourth-order valence-electron chi connectivity index (χ4n) is 4.95. The van der Waals surface area contributed by atoms with Crippen LogP contribution in [0.15, 0.2) is 30.3 Å². The molecule has 1 aliphatic carbocycles. The van der Waals surface area contributed by atoms with Crippen LogP contribution >= 0.6 is 11.8 Å². The second kappa shape index (κ2) is 8.32. The maximum absolute atomic E-state index is 12.0. The Labute approximate surface area is 200 Å². The van der Waals surface area contributed by atoms with Gasteiger partial charge in [0.25, 0.3) is 5.24 Å². The third-order valence-corrected chi connectivity index (χ3v) is 7.92. The predicted molar refractivity (Wildman–Crippen MR) is 135 cm³/mol. The van der Waals surface area contributed by atoms with Crippen molar-refractivity contribution in [1.29, 1.82) is 0 Å². The van der Waals surface area contributed by atoms with Crippen molar-refractivity contribution in [1.82, 2.24) is 4.90 Å². The van der Waals surface area contributed by atoms with Crippen LogP contribution in [0.2, 0.25) is 0 Å². The van der Waals surface area contributed by atoms with Crippen molar-refractivity contribution in [2.24, 2.45) is 0 Å². The van der Waals surface area contributed by atoms with E-state index >= 15 is 0 Å². The summed E-state index contributed by atoms with van der Waals surface area (Å²) in [6.07, 6.45) is 2.28. The molecule has 2 aliphatic rings. The Hall–Kier alpha value is -2.60. The number of benzene rings is 2. The number of rotatable bonds is 4. The lowest BCUT2D eigenvalue weighted by molar-refractivity contribution is -0.125. The highest BCUT2D eigenvalue weighted by atomic mass is 32.2. The molecule has 3 amide bonds. The van der Waals surface area contributed by atoms with E-state index in [0.29, 0.717) is 5.69 Å². The van der Waals surface area contributed by atoms with E-state index in [1.54, 1.807) is 0 Å². The molecule has 5 nitrogen and oxygen atoms in total. The number of aryl methyl sites for hydroxylation is 1. The predicted octanol–water partition coefficient (Wildman–Crippen LogP) is 6.16. The lowest BCUT2D eigenvalue weighted by atomic mass is 9.62. The number of hydrogen-bond donors (Lipinski definition) is 1. The maximum atomic E-state index is 12.0. The summed E-state index contributed by atoms with van der Waals surface area (Å²) in [6.45, 7) is 13.1. The fourth-order valence-corrected chi connectivity index (χ4v) is 5.67. The van der Waals surface area contributed by atoms with Gasteiger partial charge in [-0.05, 0) is 70.5 Å².